The van der Waals surface area contributed by atoms with Crippen LogP contribution in [0.15, 0.2) is 36.4 Å². The van der Waals surface area contributed by atoms with Gasteiger partial charge in [0.25, 0.3) is 5.91 Å². The van der Waals surface area contributed by atoms with Crippen LogP contribution in [0.25, 0.3) is 0 Å². The molecule has 4 nitrogen and oxygen atoms in total. The molecule has 0 saturated heterocycles. The van der Waals surface area contributed by atoms with Crippen LogP contribution in [0.5, 0.6) is 0 Å². The Morgan fingerprint density at radius 1 is 1.35 bits per heavy atom. The van der Waals surface area contributed by atoms with Crippen molar-refractivity contribution in [2.75, 3.05) is 11.4 Å². The molecule has 1 amide bonds. The minimum absolute atomic E-state index is 0.378. The van der Waals surface area contributed by atoms with Gasteiger partial charge in [-0.1, -0.05) is 17.7 Å². The molecule has 0 aliphatic heterocycles. The van der Waals surface area contributed by atoms with Crippen LogP contribution in [-0.2, 0) is 9.59 Å². The first-order chi connectivity index (χ1) is 8.04. The van der Waals surface area contributed by atoms with E-state index in [2.05, 4.69) is 0 Å². The lowest BCUT2D eigenvalue weighted by Crippen LogP contribution is -2.34. The summed E-state index contributed by atoms with van der Waals surface area (Å²) in [6.45, 7) is 1.31. The molecule has 0 aliphatic carbocycles. The molecule has 1 aromatic carbocycles. The molecule has 0 spiro atoms. The number of hydrogen-bond acceptors (Lipinski definition) is 2. The van der Waals surface area contributed by atoms with Crippen molar-refractivity contribution in [3.05, 3.63) is 41.4 Å². The van der Waals surface area contributed by atoms with Gasteiger partial charge in [0, 0.05) is 10.7 Å². The van der Waals surface area contributed by atoms with E-state index in [-0.39, 0.29) is 12.5 Å². The molecule has 0 saturated carbocycles. The quantitative estimate of drug-likeness (QED) is 0.838. The van der Waals surface area contributed by atoms with E-state index < -0.39 is 5.97 Å². The number of hydrogen-bond donors (Lipinski definition) is 1. The largest absolute Gasteiger partial charge is 0.480 e. The maximum atomic E-state index is 11.7. The highest BCUT2D eigenvalue weighted by Gasteiger charge is 2.16. The molecule has 0 atom stereocenters. The lowest BCUT2D eigenvalue weighted by molar-refractivity contribution is -0.136. The summed E-state index contributed by atoms with van der Waals surface area (Å²) >= 11 is 5.73. The van der Waals surface area contributed by atoms with Crippen LogP contribution in [-0.4, -0.2) is 23.5 Å². The van der Waals surface area contributed by atoms with Gasteiger partial charge in [-0.25, -0.2) is 0 Å². The van der Waals surface area contributed by atoms with Gasteiger partial charge in [0.1, 0.15) is 6.54 Å². The Morgan fingerprint density at radius 3 is 2.41 bits per heavy atom. The Morgan fingerprint density at radius 2 is 1.94 bits per heavy atom. The Bertz CT molecular complexity index is 440. The number of anilines is 1. The summed E-state index contributed by atoms with van der Waals surface area (Å²) in [5.41, 5.74) is 0.500. The molecule has 0 heterocycles. The normalized spacial score (nSPS) is 10.5. The molecule has 17 heavy (non-hydrogen) atoms. The molecule has 0 radical (unpaired) electrons. The summed E-state index contributed by atoms with van der Waals surface area (Å²) in [6, 6.07) is 6.42. The summed E-state index contributed by atoms with van der Waals surface area (Å²) in [4.78, 5) is 23.6. The zero-order chi connectivity index (χ0) is 12.8. The molecule has 1 N–H and O–H groups in total. The fraction of sp³-hybridized carbons (Fsp3) is 0.167. The number of aliphatic carboxylic acids is 1. The molecule has 0 aliphatic rings. The SMILES string of the molecule is C/C=C/C(=O)N(CC(=O)O)c1ccc(Cl)cc1. The Hall–Kier alpha value is -1.81. The number of carboxylic acids is 1. The van der Waals surface area contributed by atoms with Gasteiger partial charge in [0.2, 0.25) is 0 Å². The monoisotopic (exact) mass is 253 g/mol. The number of allylic oxidation sites excluding steroid dienone is 1. The second-order valence-electron chi connectivity index (χ2n) is 3.29. The Balaban J connectivity index is 3.01. The van der Waals surface area contributed by atoms with E-state index in [4.69, 9.17) is 16.7 Å². The predicted molar refractivity (Wildman–Crippen MR) is 66.3 cm³/mol. The van der Waals surface area contributed by atoms with Crippen LogP contribution in [0.2, 0.25) is 5.02 Å². The molecule has 0 aromatic heterocycles. The van der Waals surface area contributed by atoms with E-state index >= 15 is 0 Å². The van der Waals surface area contributed by atoms with Crippen LogP contribution in [0.3, 0.4) is 0 Å². The van der Waals surface area contributed by atoms with Crippen molar-refractivity contribution >= 4 is 29.2 Å². The van der Waals surface area contributed by atoms with E-state index in [1.54, 1.807) is 37.3 Å². The zero-order valence-corrected chi connectivity index (χ0v) is 10.0. The number of benzene rings is 1. The van der Waals surface area contributed by atoms with E-state index in [1.165, 1.54) is 11.0 Å². The molecule has 5 heteroatoms. The molecule has 1 aromatic rings. The first kappa shape index (κ1) is 13.3. The van der Waals surface area contributed by atoms with Crippen molar-refractivity contribution < 1.29 is 14.7 Å². The summed E-state index contributed by atoms with van der Waals surface area (Å²) in [7, 11) is 0. The van der Waals surface area contributed by atoms with Crippen molar-refractivity contribution in [2.45, 2.75) is 6.92 Å². The predicted octanol–water partition coefficient (Wildman–Crippen LogP) is 2.33. The highest BCUT2D eigenvalue weighted by atomic mass is 35.5. The van der Waals surface area contributed by atoms with Gasteiger partial charge in [-0.15, -0.1) is 0 Å². The van der Waals surface area contributed by atoms with Gasteiger partial charge < -0.3 is 5.11 Å². The van der Waals surface area contributed by atoms with Crippen LogP contribution in [0.1, 0.15) is 6.92 Å². The Kier molecular flexibility index (Phi) is 4.72. The van der Waals surface area contributed by atoms with Gasteiger partial charge in [0.15, 0.2) is 0 Å². The van der Waals surface area contributed by atoms with Crippen molar-refractivity contribution in [3.8, 4) is 0 Å². The van der Waals surface area contributed by atoms with Crippen molar-refractivity contribution in [3.63, 3.8) is 0 Å². The number of nitrogens with zero attached hydrogens (tertiary/aromatic N) is 1. The second kappa shape index (κ2) is 6.06. The topological polar surface area (TPSA) is 57.6 Å². The van der Waals surface area contributed by atoms with Crippen molar-refractivity contribution in [1.29, 1.82) is 0 Å². The Labute approximate surface area is 104 Å². The third kappa shape index (κ3) is 3.92. The average molecular weight is 254 g/mol. The summed E-state index contributed by atoms with van der Waals surface area (Å²) < 4.78 is 0. The lowest BCUT2D eigenvalue weighted by Gasteiger charge is -2.19. The van der Waals surface area contributed by atoms with Crippen LogP contribution in [0.4, 0.5) is 5.69 Å². The van der Waals surface area contributed by atoms with Crippen LogP contribution in [0, 0.1) is 0 Å². The molecule has 90 valence electrons. The minimum atomic E-state index is -1.07. The van der Waals surface area contributed by atoms with Crippen molar-refractivity contribution in [2.24, 2.45) is 0 Å². The average Bonchev–Trinajstić information content (AvgIpc) is 2.27. The number of carbonyl (C=O) groups excluding carboxylic acids is 1. The molecular weight excluding hydrogens is 242 g/mol. The summed E-state index contributed by atoms with van der Waals surface area (Å²) in [5, 5.41) is 9.30. The van der Waals surface area contributed by atoms with Crippen LogP contribution < -0.4 is 4.90 Å². The van der Waals surface area contributed by atoms with E-state index in [9.17, 15) is 9.59 Å². The molecule has 0 unspecified atom stereocenters. The van der Waals surface area contributed by atoms with E-state index in [0.717, 1.165) is 0 Å². The van der Waals surface area contributed by atoms with Crippen LogP contribution >= 0.6 is 11.6 Å². The standard InChI is InChI=1S/C12H12ClNO3/c1-2-3-11(15)14(8-12(16)17)10-6-4-9(13)5-7-10/h2-7H,8H2,1H3,(H,16,17)/b3-2+. The summed E-state index contributed by atoms with van der Waals surface area (Å²) in [5.74, 6) is -1.45. The van der Waals surface area contributed by atoms with Gasteiger partial charge in [-0.2, -0.15) is 0 Å². The summed E-state index contributed by atoms with van der Waals surface area (Å²) in [6.07, 6.45) is 2.88. The first-order valence-corrected chi connectivity index (χ1v) is 5.34. The number of halogens is 1. The lowest BCUT2D eigenvalue weighted by atomic mass is 10.2. The number of carboxylic acid groups (broad SMARTS) is 1. The van der Waals surface area contributed by atoms with E-state index in [0.29, 0.717) is 10.7 Å². The van der Waals surface area contributed by atoms with E-state index in [1.807, 2.05) is 0 Å². The minimum Gasteiger partial charge on any atom is -0.480 e. The molecular formula is C12H12ClNO3. The fourth-order valence-corrected chi connectivity index (χ4v) is 1.41. The maximum absolute atomic E-state index is 11.7. The zero-order valence-electron chi connectivity index (χ0n) is 9.26. The molecule has 0 bridgehead atoms. The number of rotatable bonds is 4. The number of amides is 1. The molecule has 0 fully saturated rings. The fourth-order valence-electron chi connectivity index (χ4n) is 1.29. The maximum Gasteiger partial charge on any atom is 0.323 e. The number of carbonyl (C=O) groups is 2. The van der Waals surface area contributed by atoms with Gasteiger partial charge in [-0.05, 0) is 37.3 Å². The smallest absolute Gasteiger partial charge is 0.323 e. The van der Waals surface area contributed by atoms with Gasteiger partial charge in [-0.3, -0.25) is 14.5 Å². The second-order valence-corrected chi connectivity index (χ2v) is 3.73. The third-order valence-electron chi connectivity index (χ3n) is 2.01. The third-order valence-corrected chi connectivity index (χ3v) is 2.26. The van der Waals surface area contributed by atoms with Gasteiger partial charge in [0.05, 0.1) is 0 Å². The van der Waals surface area contributed by atoms with Crippen molar-refractivity contribution in [1.82, 2.24) is 0 Å². The van der Waals surface area contributed by atoms with Gasteiger partial charge >= 0.3 is 5.97 Å². The molecule has 1 rings (SSSR count). The first-order valence-electron chi connectivity index (χ1n) is 4.96. The highest BCUT2D eigenvalue weighted by molar-refractivity contribution is 6.30. The highest BCUT2D eigenvalue weighted by Crippen LogP contribution is 2.18.